The Morgan fingerprint density at radius 1 is 0.895 bits per heavy atom. The molecule has 0 fully saturated rings. The minimum atomic E-state index is -0.987. The van der Waals surface area contributed by atoms with Gasteiger partial charge in [0, 0.05) is 44.4 Å². The van der Waals surface area contributed by atoms with E-state index >= 15 is 0 Å². The zero-order valence-corrected chi connectivity index (χ0v) is 32.4. The van der Waals surface area contributed by atoms with Crippen molar-refractivity contribution in [3.8, 4) is 5.75 Å². The number of nitrogens with two attached hydrogens (primary N) is 2. The molecule has 296 valence electrons. The first-order valence-electron chi connectivity index (χ1n) is 17.9. The third-order valence-electron chi connectivity index (χ3n) is 8.71. The average molecular weight is 797 g/mol. The van der Waals surface area contributed by atoms with Crippen LogP contribution in [-0.2, 0) is 31.0 Å². The number of aryl methyl sites for hydroxylation is 4. The number of amides is 4. The number of imidazole rings is 1. The van der Waals surface area contributed by atoms with E-state index in [0.717, 1.165) is 0 Å². The van der Waals surface area contributed by atoms with Gasteiger partial charge in [-0.3, -0.25) is 43.2 Å². The number of nitrogens with zero attached hydrogens (tertiary/aromatic N) is 9. The van der Waals surface area contributed by atoms with E-state index in [-0.39, 0.29) is 60.9 Å². The Hall–Kier alpha value is -6.96. The molecule has 20 heteroatoms. The minimum absolute atomic E-state index is 0.0111. The predicted octanol–water partition coefficient (Wildman–Crippen LogP) is 3.19. The van der Waals surface area contributed by atoms with Gasteiger partial charge in [-0.2, -0.15) is 15.2 Å². The molecule has 0 spiro atoms. The summed E-state index contributed by atoms with van der Waals surface area (Å²) in [6.45, 7) is 8.51. The number of benzene rings is 1. The maximum Gasteiger partial charge on any atom is 0.303 e. The Bertz CT molecular complexity index is 2660. The molecule has 19 nitrogen and oxygen atoms in total. The molecule has 57 heavy (non-hydrogen) atoms. The molecular formula is C37H40N12O7S. The molecule has 0 aliphatic carbocycles. The average Bonchev–Trinajstić information content (AvgIpc) is 3.93. The van der Waals surface area contributed by atoms with Crippen molar-refractivity contribution in [1.82, 2.24) is 38.7 Å². The lowest BCUT2D eigenvalue weighted by molar-refractivity contribution is -0.137. The molecule has 0 radical (unpaired) electrons. The topological polar surface area (TPSA) is 263 Å². The molecule has 0 atom stereocenters. The van der Waals surface area contributed by atoms with Gasteiger partial charge in [0.15, 0.2) is 10.4 Å². The maximum absolute atomic E-state index is 13.6. The second-order valence-electron chi connectivity index (χ2n) is 12.8. The van der Waals surface area contributed by atoms with E-state index in [4.69, 9.17) is 21.3 Å². The van der Waals surface area contributed by atoms with Gasteiger partial charge in [0.25, 0.3) is 11.8 Å². The summed E-state index contributed by atoms with van der Waals surface area (Å²) in [4.78, 5) is 76.4. The number of rotatable bonds is 16. The summed E-state index contributed by atoms with van der Waals surface area (Å²) >= 11 is 1.17. The van der Waals surface area contributed by atoms with Crippen molar-refractivity contribution in [2.45, 2.75) is 66.7 Å². The number of carboxylic acids is 1. The lowest BCUT2D eigenvalue weighted by Gasteiger charge is -2.13. The summed E-state index contributed by atoms with van der Waals surface area (Å²) in [7, 11) is 0. The van der Waals surface area contributed by atoms with Gasteiger partial charge in [0.1, 0.15) is 22.7 Å². The zero-order chi connectivity index (χ0) is 41.0. The lowest BCUT2D eigenvalue weighted by atomic mass is 10.1. The van der Waals surface area contributed by atoms with Crippen molar-refractivity contribution in [3.05, 3.63) is 87.4 Å². The largest absolute Gasteiger partial charge is 0.491 e. The maximum atomic E-state index is 13.6. The number of anilines is 1. The van der Waals surface area contributed by atoms with E-state index in [1.807, 2.05) is 13.8 Å². The molecule has 6 rings (SSSR count). The Morgan fingerprint density at radius 2 is 1.54 bits per heavy atom. The zero-order valence-electron chi connectivity index (χ0n) is 31.6. The number of ether oxygens (including phenoxy) is 1. The van der Waals surface area contributed by atoms with Gasteiger partial charge in [-0.1, -0.05) is 23.5 Å². The number of thiazole rings is 1. The number of aliphatic carboxylic acids is 1. The number of pyridine rings is 1. The summed E-state index contributed by atoms with van der Waals surface area (Å²) in [6, 6.07) is 7.84. The summed E-state index contributed by atoms with van der Waals surface area (Å²) in [5.41, 5.74) is 14.6. The molecule has 6 N–H and O–H groups in total. The summed E-state index contributed by atoms with van der Waals surface area (Å²) < 4.78 is 13.1. The number of primary amides is 2. The molecule has 0 aliphatic heterocycles. The number of hydrogen-bond donors (Lipinski definition) is 4. The van der Waals surface area contributed by atoms with Gasteiger partial charge in [-0.15, -0.1) is 0 Å². The van der Waals surface area contributed by atoms with Crippen LogP contribution < -0.4 is 26.3 Å². The molecule has 4 amide bonds. The third-order valence-corrected chi connectivity index (χ3v) is 9.72. The first kappa shape index (κ1) is 39.7. The normalized spacial score (nSPS) is 11.9. The van der Waals surface area contributed by atoms with E-state index in [1.165, 1.54) is 29.7 Å². The van der Waals surface area contributed by atoms with Gasteiger partial charge in [0.05, 0.1) is 33.8 Å². The van der Waals surface area contributed by atoms with Crippen molar-refractivity contribution in [3.63, 3.8) is 0 Å². The van der Waals surface area contributed by atoms with E-state index < -0.39 is 29.6 Å². The van der Waals surface area contributed by atoms with Gasteiger partial charge in [0.2, 0.25) is 17.8 Å². The fraction of sp³-hybridized carbons (Fsp3) is 0.297. The Morgan fingerprint density at radius 3 is 2.19 bits per heavy atom. The van der Waals surface area contributed by atoms with Crippen molar-refractivity contribution < 1.29 is 33.8 Å². The van der Waals surface area contributed by atoms with E-state index in [0.29, 0.717) is 56.5 Å². The van der Waals surface area contributed by atoms with E-state index in [9.17, 15) is 24.0 Å². The highest BCUT2D eigenvalue weighted by molar-refractivity contribution is 7.16. The highest BCUT2D eigenvalue weighted by atomic mass is 32.1. The van der Waals surface area contributed by atoms with Crippen LogP contribution in [0.3, 0.4) is 0 Å². The van der Waals surface area contributed by atoms with Crippen molar-refractivity contribution in [2.75, 3.05) is 11.9 Å². The van der Waals surface area contributed by atoms with Crippen molar-refractivity contribution in [2.24, 2.45) is 16.5 Å². The second kappa shape index (κ2) is 16.8. The van der Waals surface area contributed by atoms with E-state index in [1.54, 1.807) is 62.7 Å². The molecule has 0 saturated heterocycles. The number of fused-ring (bicyclic) bond motifs is 2. The predicted molar refractivity (Wildman–Crippen MR) is 209 cm³/mol. The minimum Gasteiger partial charge on any atom is -0.491 e. The number of carbonyl (C=O) groups excluding carboxylic acids is 4. The Labute approximate surface area is 328 Å². The monoisotopic (exact) mass is 796 g/mol. The van der Waals surface area contributed by atoms with Crippen LogP contribution in [0.25, 0.3) is 21.4 Å². The van der Waals surface area contributed by atoms with Gasteiger partial charge >= 0.3 is 5.97 Å². The smallest absolute Gasteiger partial charge is 0.303 e. The van der Waals surface area contributed by atoms with Crippen molar-refractivity contribution in [1.29, 1.82) is 0 Å². The Kier molecular flexibility index (Phi) is 11.7. The molecular weight excluding hydrogens is 757 g/mol. The summed E-state index contributed by atoms with van der Waals surface area (Å²) in [5.74, 6) is -3.03. The number of carbonyl (C=O) groups is 5. The van der Waals surface area contributed by atoms with Crippen LogP contribution in [-0.4, -0.2) is 80.0 Å². The molecule has 0 unspecified atom stereocenters. The lowest BCUT2D eigenvalue weighted by Crippen LogP contribution is -2.20. The first-order chi connectivity index (χ1) is 27.3. The van der Waals surface area contributed by atoms with Gasteiger partial charge < -0.3 is 25.9 Å². The number of carboxylic acid groups (broad SMARTS) is 1. The Balaban J connectivity index is 1.40. The second-order valence-corrected chi connectivity index (χ2v) is 13.8. The molecule has 5 aromatic heterocycles. The quantitative estimate of drug-likeness (QED) is 0.0816. The number of nitrogens with one attached hydrogen (secondary N) is 1. The van der Waals surface area contributed by atoms with Crippen LogP contribution in [0.5, 0.6) is 5.75 Å². The summed E-state index contributed by atoms with van der Waals surface area (Å²) in [6.07, 6.45) is 5.00. The number of aromatic nitrogens is 8. The highest BCUT2D eigenvalue weighted by Crippen LogP contribution is 2.31. The van der Waals surface area contributed by atoms with Crippen LogP contribution >= 0.6 is 11.3 Å². The van der Waals surface area contributed by atoms with E-state index in [2.05, 4.69) is 30.5 Å². The first-order valence-corrected chi connectivity index (χ1v) is 18.7. The van der Waals surface area contributed by atoms with Crippen molar-refractivity contribution >= 4 is 68.3 Å². The number of allylic oxidation sites excluding steroid dienone is 2. The molecule has 0 aliphatic rings. The fourth-order valence-corrected chi connectivity index (χ4v) is 7.14. The van der Waals surface area contributed by atoms with Crippen LogP contribution in [0.15, 0.2) is 53.7 Å². The standard InChI is InChI=1S/C37H40N12O7S/c1-5-48-25(14-20(3)44-48)34(54)42-36-41-24-16-22(31(38)52)17-27(56-13-9-10-29(50)51)30(24)46(36)11-7-8-12-47-33-28(18-23(19-40-33)32(39)53)57-37(47)43-35(55)26-15-21(4)45-49(26)6-2/h7-8,14-19H,5-6,9-13H2,1-4H3,(H2,38,52)(H2,39,53)(H,50,51)(H,41,42,54)/b8-7+,43-37-. The molecule has 0 saturated carbocycles. The number of hydrogen-bond acceptors (Lipinski definition) is 11. The van der Waals surface area contributed by atoms with Gasteiger partial charge in [-0.05, 0) is 64.4 Å². The fourth-order valence-electron chi connectivity index (χ4n) is 6.10. The van der Waals surface area contributed by atoms with Gasteiger partial charge in [-0.25, -0.2) is 9.97 Å². The molecule has 0 bridgehead atoms. The van der Waals surface area contributed by atoms with Crippen LogP contribution in [0.4, 0.5) is 5.95 Å². The molecule has 5 heterocycles. The third kappa shape index (κ3) is 8.64. The van der Waals surface area contributed by atoms with Crippen LogP contribution in [0.2, 0.25) is 0 Å². The SMILES string of the molecule is CCn1nc(C)cc1C(=O)/N=c1\sc2cc(C(N)=O)cnc2n1C/C=C/Cn1c(NC(=O)c2cc(C)nn2CC)nc2cc(C(N)=O)cc(OCCCC(=O)O)c21. The van der Waals surface area contributed by atoms with Crippen LogP contribution in [0, 0.1) is 13.8 Å². The molecule has 6 aromatic rings. The summed E-state index contributed by atoms with van der Waals surface area (Å²) in [5, 5.41) is 20.7. The van der Waals surface area contributed by atoms with Crippen LogP contribution in [0.1, 0.15) is 79.8 Å². The highest BCUT2D eigenvalue weighted by Gasteiger charge is 2.22. The molecule has 1 aromatic carbocycles.